The van der Waals surface area contributed by atoms with Crippen LogP contribution in [0.5, 0.6) is 0 Å². The molecule has 0 aromatic carbocycles. The molecule has 108 valence electrons. The van der Waals surface area contributed by atoms with Gasteiger partial charge in [-0.1, -0.05) is 6.92 Å². The molecule has 2 rings (SSSR count). The molecule has 4 heteroatoms. The van der Waals surface area contributed by atoms with Crippen molar-refractivity contribution in [3.05, 3.63) is 0 Å². The molecule has 1 N–H and O–H groups in total. The van der Waals surface area contributed by atoms with Gasteiger partial charge in [-0.25, -0.2) is 0 Å². The molecule has 0 aromatic heterocycles. The predicted octanol–water partition coefficient (Wildman–Crippen LogP) is 1.44. The fourth-order valence-corrected chi connectivity index (χ4v) is 3.10. The highest BCUT2D eigenvalue weighted by Gasteiger charge is 2.35. The highest BCUT2D eigenvalue weighted by Crippen LogP contribution is 2.24. The molecule has 1 saturated heterocycles. The Bertz CT molecular complexity index is 326. The Labute approximate surface area is 117 Å². The second-order valence-corrected chi connectivity index (χ2v) is 6.44. The molecule has 0 spiro atoms. The van der Waals surface area contributed by atoms with Gasteiger partial charge in [0.15, 0.2) is 0 Å². The molecule has 0 aromatic rings. The monoisotopic (exact) mass is 264 g/mol. The minimum Gasteiger partial charge on any atom is -0.303 e. The third-order valence-electron chi connectivity index (χ3n) is 4.54. The van der Waals surface area contributed by atoms with E-state index in [0.29, 0.717) is 12.1 Å². The lowest BCUT2D eigenvalue weighted by molar-refractivity contribution is 0.116. The van der Waals surface area contributed by atoms with E-state index in [1.54, 1.807) is 0 Å². The molecule has 0 bridgehead atoms. The SMILES string of the molecule is CCN1CCC(N(C)CC(C)(C#N)NC2CC2)CC1. The van der Waals surface area contributed by atoms with Gasteiger partial charge in [-0.15, -0.1) is 0 Å². The van der Waals surface area contributed by atoms with Crippen LogP contribution in [0.4, 0.5) is 0 Å². The summed E-state index contributed by atoms with van der Waals surface area (Å²) in [5.41, 5.74) is -0.391. The number of likely N-dealkylation sites (N-methyl/N-ethyl adjacent to an activating group) is 1. The number of nitrogens with one attached hydrogen (secondary N) is 1. The van der Waals surface area contributed by atoms with E-state index in [1.165, 1.54) is 38.8 Å². The van der Waals surface area contributed by atoms with Crippen LogP contribution in [-0.2, 0) is 0 Å². The summed E-state index contributed by atoms with van der Waals surface area (Å²) < 4.78 is 0. The maximum Gasteiger partial charge on any atom is 0.116 e. The highest BCUT2D eigenvalue weighted by atomic mass is 15.2. The molecule has 1 saturated carbocycles. The Morgan fingerprint density at radius 1 is 1.32 bits per heavy atom. The van der Waals surface area contributed by atoms with Gasteiger partial charge in [-0.3, -0.25) is 5.32 Å². The van der Waals surface area contributed by atoms with Crippen molar-refractivity contribution in [2.45, 2.75) is 57.2 Å². The summed E-state index contributed by atoms with van der Waals surface area (Å²) in [4.78, 5) is 4.90. The fraction of sp³-hybridized carbons (Fsp3) is 0.933. The normalized spacial score (nSPS) is 25.2. The van der Waals surface area contributed by atoms with Crippen molar-refractivity contribution in [1.29, 1.82) is 5.26 Å². The van der Waals surface area contributed by atoms with Crippen molar-refractivity contribution in [2.24, 2.45) is 0 Å². The first-order valence-electron chi connectivity index (χ1n) is 7.68. The molecule has 19 heavy (non-hydrogen) atoms. The molecule has 1 aliphatic carbocycles. The van der Waals surface area contributed by atoms with E-state index in [0.717, 1.165) is 13.1 Å². The van der Waals surface area contributed by atoms with E-state index in [9.17, 15) is 5.26 Å². The largest absolute Gasteiger partial charge is 0.303 e. The van der Waals surface area contributed by atoms with Crippen LogP contribution >= 0.6 is 0 Å². The zero-order valence-corrected chi connectivity index (χ0v) is 12.7. The maximum atomic E-state index is 9.44. The van der Waals surface area contributed by atoms with Gasteiger partial charge in [0.05, 0.1) is 6.07 Å². The molecule has 2 aliphatic rings. The molecular formula is C15H28N4. The molecule has 1 atom stereocenters. The summed E-state index contributed by atoms with van der Waals surface area (Å²) in [7, 11) is 2.18. The van der Waals surface area contributed by atoms with Crippen molar-refractivity contribution >= 4 is 0 Å². The lowest BCUT2D eigenvalue weighted by Gasteiger charge is -2.39. The van der Waals surface area contributed by atoms with Crippen molar-refractivity contribution in [3.8, 4) is 6.07 Å². The van der Waals surface area contributed by atoms with E-state index in [2.05, 4.69) is 35.2 Å². The molecular weight excluding hydrogens is 236 g/mol. The Balaban J connectivity index is 1.82. The lowest BCUT2D eigenvalue weighted by atomic mass is 9.99. The smallest absolute Gasteiger partial charge is 0.116 e. The van der Waals surface area contributed by atoms with Crippen LogP contribution in [0.3, 0.4) is 0 Å². The maximum absolute atomic E-state index is 9.44. The van der Waals surface area contributed by atoms with Crippen LogP contribution in [-0.4, -0.2) is 60.6 Å². The average molecular weight is 264 g/mol. The number of rotatable bonds is 6. The van der Waals surface area contributed by atoms with E-state index >= 15 is 0 Å². The quantitative estimate of drug-likeness (QED) is 0.788. The first kappa shape index (κ1) is 14.8. The predicted molar refractivity (Wildman–Crippen MR) is 77.9 cm³/mol. The number of hydrogen-bond donors (Lipinski definition) is 1. The second kappa shape index (κ2) is 6.21. The molecule has 2 fully saturated rings. The summed E-state index contributed by atoms with van der Waals surface area (Å²) in [6.45, 7) is 8.67. The Morgan fingerprint density at radius 2 is 1.95 bits per heavy atom. The van der Waals surface area contributed by atoms with Crippen LogP contribution < -0.4 is 5.32 Å². The molecule has 1 aliphatic heterocycles. The Morgan fingerprint density at radius 3 is 2.42 bits per heavy atom. The van der Waals surface area contributed by atoms with Crippen LogP contribution in [0.1, 0.15) is 39.5 Å². The zero-order valence-electron chi connectivity index (χ0n) is 12.7. The summed E-state index contributed by atoms with van der Waals surface area (Å²) in [5, 5.41) is 12.9. The van der Waals surface area contributed by atoms with Crippen molar-refractivity contribution < 1.29 is 0 Å². The Kier molecular flexibility index (Phi) is 4.83. The van der Waals surface area contributed by atoms with E-state index < -0.39 is 5.54 Å². The van der Waals surface area contributed by atoms with Gasteiger partial charge in [0.1, 0.15) is 5.54 Å². The first-order chi connectivity index (χ1) is 9.06. The molecule has 4 nitrogen and oxygen atoms in total. The second-order valence-electron chi connectivity index (χ2n) is 6.44. The number of hydrogen-bond acceptors (Lipinski definition) is 4. The molecule has 0 amide bonds. The standard InChI is InChI=1S/C15H28N4/c1-4-19-9-7-14(8-10-19)18(3)12-15(2,11-16)17-13-5-6-13/h13-14,17H,4-10,12H2,1-3H3. The average Bonchev–Trinajstić information content (AvgIpc) is 3.22. The summed E-state index contributed by atoms with van der Waals surface area (Å²) in [6.07, 6.45) is 4.93. The molecule has 1 unspecified atom stereocenters. The van der Waals surface area contributed by atoms with Crippen molar-refractivity contribution in [1.82, 2.24) is 15.1 Å². The van der Waals surface area contributed by atoms with E-state index in [1.807, 2.05) is 6.92 Å². The fourth-order valence-electron chi connectivity index (χ4n) is 3.10. The highest BCUT2D eigenvalue weighted by molar-refractivity contribution is 5.09. The molecule has 0 radical (unpaired) electrons. The van der Waals surface area contributed by atoms with E-state index in [-0.39, 0.29) is 0 Å². The number of likely N-dealkylation sites (tertiary alicyclic amines) is 1. The van der Waals surface area contributed by atoms with Gasteiger partial charge >= 0.3 is 0 Å². The lowest BCUT2D eigenvalue weighted by Crippen LogP contribution is -2.54. The van der Waals surface area contributed by atoms with Crippen molar-refractivity contribution in [2.75, 3.05) is 33.2 Å². The van der Waals surface area contributed by atoms with Gasteiger partial charge in [0, 0.05) is 18.6 Å². The third kappa shape index (κ3) is 4.17. The van der Waals surface area contributed by atoms with Gasteiger partial charge in [-0.05, 0) is 59.3 Å². The van der Waals surface area contributed by atoms with Gasteiger partial charge in [0.2, 0.25) is 0 Å². The van der Waals surface area contributed by atoms with Crippen LogP contribution in [0.25, 0.3) is 0 Å². The van der Waals surface area contributed by atoms with Crippen LogP contribution in [0, 0.1) is 11.3 Å². The first-order valence-corrected chi connectivity index (χ1v) is 7.68. The zero-order chi connectivity index (χ0) is 13.9. The summed E-state index contributed by atoms with van der Waals surface area (Å²) in [6, 6.07) is 3.70. The third-order valence-corrected chi connectivity index (χ3v) is 4.54. The number of nitriles is 1. The van der Waals surface area contributed by atoms with Crippen molar-refractivity contribution in [3.63, 3.8) is 0 Å². The minimum atomic E-state index is -0.391. The van der Waals surface area contributed by atoms with Crippen LogP contribution in [0.15, 0.2) is 0 Å². The summed E-state index contributed by atoms with van der Waals surface area (Å²) >= 11 is 0. The van der Waals surface area contributed by atoms with E-state index in [4.69, 9.17) is 0 Å². The summed E-state index contributed by atoms with van der Waals surface area (Å²) in [5.74, 6) is 0. The van der Waals surface area contributed by atoms with Gasteiger partial charge in [-0.2, -0.15) is 5.26 Å². The number of piperidine rings is 1. The van der Waals surface area contributed by atoms with Gasteiger partial charge < -0.3 is 9.80 Å². The van der Waals surface area contributed by atoms with Crippen LogP contribution in [0.2, 0.25) is 0 Å². The minimum absolute atomic E-state index is 0.391. The topological polar surface area (TPSA) is 42.3 Å². The number of nitrogens with zero attached hydrogens (tertiary/aromatic N) is 3. The Hall–Kier alpha value is -0.630. The molecule has 1 heterocycles. The van der Waals surface area contributed by atoms with Gasteiger partial charge in [0.25, 0.3) is 0 Å².